The minimum Gasteiger partial charge on any atom is -0.301 e. The Balaban J connectivity index is 1.99. The third kappa shape index (κ3) is 1.52. The lowest BCUT2D eigenvalue weighted by molar-refractivity contribution is -0.120. The smallest absolute Gasteiger partial charge is 0.240 e. The first-order valence-corrected chi connectivity index (χ1v) is 6.39. The van der Waals surface area contributed by atoms with Crippen LogP contribution in [0.4, 0.5) is 0 Å². The Morgan fingerprint density at radius 1 is 1.62 bits per heavy atom. The summed E-state index contributed by atoms with van der Waals surface area (Å²) in [6.45, 7) is 1.94. The maximum Gasteiger partial charge on any atom is 0.240 e. The first-order chi connectivity index (χ1) is 7.65. The topological polar surface area (TPSA) is 44.7 Å². The molecule has 84 valence electrons. The van der Waals surface area contributed by atoms with Crippen molar-refractivity contribution in [1.82, 2.24) is 10.2 Å². The molecule has 1 atom stereocenters. The lowest BCUT2D eigenvalue weighted by Gasteiger charge is -2.25. The van der Waals surface area contributed by atoms with Crippen molar-refractivity contribution < 1.29 is 4.79 Å². The molecule has 0 saturated heterocycles. The van der Waals surface area contributed by atoms with Gasteiger partial charge < -0.3 is 10.2 Å². The number of amides is 1. The molecule has 3 aliphatic heterocycles. The van der Waals surface area contributed by atoms with E-state index in [1.165, 1.54) is 10.5 Å². The molecule has 1 unspecified atom stereocenters. The Kier molecular flexibility index (Phi) is 2.38. The fourth-order valence-electron chi connectivity index (χ4n) is 2.28. The predicted molar refractivity (Wildman–Crippen MR) is 68.4 cm³/mol. The van der Waals surface area contributed by atoms with Crippen LogP contribution in [0.15, 0.2) is 15.5 Å². The summed E-state index contributed by atoms with van der Waals surface area (Å²) in [4.78, 5) is 19.7. The van der Waals surface area contributed by atoms with Crippen molar-refractivity contribution in [2.24, 2.45) is 10.9 Å². The Bertz CT molecular complexity index is 455. The molecule has 0 fully saturated rings. The van der Waals surface area contributed by atoms with Crippen LogP contribution in [-0.4, -0.2) is 41.1 Å². The second-order valence-corrected chi connectivity index (χ2v) is 5.72. The molecule has 0 aromatic heterocycles. The van der Waals surface area contributed by atoms with Gasteiger partial charge in [-0.25, -0.2) is 4.99 Å². The molecule has 0 radical (unpaired) electrons. The molecule has 0 aromatic rings. The average Bonchev–Trinajstić information content (AvgIpc) is 2.54. The number of nitrogens with zero attached hydrogens (tertiary/aromatic N) is 2. The van der Waals surface area contributed by atoms with Gasteiger partial charge in [-0.05, 0) is 31.3 Å². The van der Waals surface area contributed by atoms with Crippen LogP contribution in [0.2, 0.25) is 0 Å². The lowest BCUT2D eigenvalue weighted by Crippen LogP contribution is -2.42. The maximum absolute atomic E-state index is 11.9. The second-order valence-electron chi connectivity index (χ2n) is 4.22. The zero-order valence-corrected chi connectivity index (χ0v) is 10.5. The Morgan fingerprint density at radius 3 is 3.25 bits per heavy atom. The van der Waals surface area contributed by atoms with Gasteiger partial charge in [-0.2, -0.15) is 0 Å². The largest absolute Gasteiger partial charge is 0.301 e. The van der Waals surface area contributed by atoms with Gasteiger partial charge in [-0.1, -0.05) is 11.8 Å². The van der Waals surface area contributed by atoms with Crippen LogP contribution < -0.4 is 5.32 Å². The number of carbonyl (C=O) groups is 1. The average molecular weight is 253 g/mol. The van der Waals surface area contributed by atoms with E-state index >= 15 is 0 Å². The van der Waals surface area contributed by atoms with E-state index in [2.05, 4.69) is 22.3 Å². The third-order valence-electron chi connectivity index (χ3n) is 3.06. The van der Waals surface area contributed by atoms with Crippen molar-refractivity contribution in [2.75, 3.05) is 20.1 Å². The molecule has 1 amide bonds. The molecule has 3 rings (SSSR count). The summed E-state index contributed by atoms with van der Waals surface area (Å²) in [6, 6.07) is 0. The first kappa shape index (κ1) is 10.4. The number of aliphatic imine (C=N–C) groups is 1. The zero-order chi connectivity index (χ0) is 11.3. The van der Waals surface area contributed by atoms with Gasteiger partial charge in [0.15, 0.2) is 5.11 Å². The molecule has 6 heteroatoms. The standard InChI is InChI=1S/C10H11N3OS2/c1-13-3-2-5-6(4-13)16-9-7(5)8(14)11-10(15)12-9/h7H,2-4H2,1H3,(H,11,14,15). The Hall–Kier alpha value is -0.720. The quantitative estimate of drug-likeness (QED) is 0.647. The first-order valence-electron chi connectivity index (χ1n) is 5.17. The van der Waals surface area contributed by atoms with Gasteiger partial charge >= 0.3 is 0 Å². The SMILES string of the molecule is CN1CCC2=C(C1)SC1=NC(=S)NC(=O)C12. The van der Waals surface area contributed by atoms with Crippen LogP contribution in [-0.2, 0) is 4.79 Å². The highest BCUT2D eigenvalue weighted by molar-refractivity contribution is 8.17. The number of thiocarbonyl (C=S) groups is 1. The maximum atomic E-state index is 11.9. The van der Waals surface area contributed by atoms with E-state index < -0.39 is 0 Å². The van der Waals surface area contributed by atoms with E-state index in [0.717, 1.165) is 24.6 Å². The molecule has 0 bridgehead atoms. The normalized spacial score (nSPS) is 29.8. The lowest BCUT2D eigenvalue weighted by atomic mass is 9.93. The van der Waals surface area contributed by atoms with Crippen LogP contribution in [0.3, 0.4) is 0 Å². The number of hydrogen-bond acceptors (Lipinski definition) is 4. The minimum absolute atomic E-state index is 0.00273. The fraction of sp³-hybridized carbons (Fsp3) is 0.500. The van der Waals surface area contributed by atoms with E-state index in [4.69, 9.17) is 12.2 Å². The molecule has 3 aliphatic rings. The molecule has 4 nitrogen and oxygen atoms in total. The number of rotatable bonds is 0. The van der Waals surface area contributed by atoms with E-state index in [-0.39, 0.29) is 11.8 Å². The van der Waals surface area contributed by atoms with Crippen LogP contribution in [0.25, 0.3) is 0 Å². The monoisotopic (exact) mass is 253 g/mol. The Morgan fingerprint density at radius 2 is 2.44 bits per heavy atom. The van der Waals surface area contributed by atoms with Crippen LogP contribution >= 0.6 is 24.0 Å². The van der Waals surface area contributed by atoms with E-state index in [0.29, 0.717) is 5.11 Å². The van der Waals surface area contributed by atoms with Gasteiger partial charge in [0, 0.05) is 18.0 Å². The van der Waals surface area contributed by atoms with E-state index in [9.17, 15) is 4.79 Å². The molecule has 0 saturated carbocycles. The van der Waals surface area contributed by atoms with E-state index in [1.807, 2.05) is 0 Å². The second kappa shape index (κ2) is 3.65. The minimum atomic E-state index is -0.152. The molecule has 3 heterocycles. The third-order valence-corrected chi connectivity index (χ3v) is 4.43. The zero-order valence-electron chi connectivity index (χ0n) is 8.82. The van der Waals surface area contributed by atoms with Crippen molar-refractivity contribution in [3.05, 3.63) is 10.5 Å². The van der Waals surface area contributed by atoms with Crippen molar-refractivity contribution in [3.63, 3.8) is 0 Å². The van der Waals surface area contributed by atoms with Gasteiger partial charge in [0.05, 0.1) is 5.04 Å². The molecule has 0 spiro atoms. The highest BCUT2D eigenvalue weighted by atomic mass is 32.2. The summed E-state index contributed by atoms with van der Waals surface area (Å²) >= 11 is 6.56. The number of hydrogen-bond donors (Lipinski definition) is 1. The summed E-state index contributed by atoms with van der Waals surface area (Å²) in [6.07, 6.45) is 0.961. The molecule has 0 aromatic carbocycles. The fourth-order valence-corrected chi connectivity index (χ4v) is 3.93. The van der Waals surface area contributed by atoms with Crippen molar-refractivity contribution in [2.45, 2.75) is 6.42 Å². The summed E-state index contributed by atoms with van der Waals surface area (Å²) in [5.41, 5.74) is 1.25. The molecule has 1 N–H and O–H groups in total. The van der Waals surface area contributed by atoms with Crippen LogP contribution in [0.1, 0.15) is 6.42 Å². The molecular formula is C10H11N3OS2. The highest BCUT2D eigenvalue weighted by Gasteiger charge is 2.41. The molecular weight excluding hydrogens is 242 g/mol. The van der Waals surface area contributed by atoms with Gasteiger partial charge in [0.25, 0.3) is 0 Å². The molecule has 0 aliphatic carbocycles. The Labute approximate surface area is 103 Å². The van der Waals surface area contributed by atoms with Crippen LogP contribution in [0, 0.1) is 5.92 Å². The van der Waals surface area contributed by atoms with Crippen molar-refractivity contribution in [1.29, 1.82) is 0 Å². The highest BCUT2D eigenvalue weighted by Crippen LogP contribution is 2.43. The van der Waals surface area contributed by atoms with Crippen LogP contribution in [0.5, 0.6) is 0 Å². The summed E-state index contributed by atoms with van der Waals surface area (Å²) in [5, 5.41) is 3.81. The molecule has 16 heavy (non-hydrogen) atoms. The van der Waals surface area contributed by atoms with E-state index in [1.54, 1.807) is 11.8 Å². The van der Waals surface area contributed by atoms with Gasteiger partial charge in [0.2, 0.25) is 5.91 Å². The number of fused-ring (bicyclic) bond motifs is 2. The summed E-state index contributed by atoms with van der Waals surface area (Å²) in [5.74, 6) is -0.155. The van der Waals surface area contributed by atoms with Crippen molar-refractivity contribution >= 4 is 40.0 Å². The number of nitrogens with one attached hydrogen (secondary N) is 1. The summed E-state index contributed by atoms with van der Waals surface area (Å²) in [7, 11) is 2.10. The predicted octanol–water partition coefficient (Wildman–Crippen LogP) is 0.752. The van der Waals surface area contributed by atoms with Gasteiger partial charge in [-0.15, -0.1) is 0 Å². The summed E-state index contributed by atoms with van der Waals surface area (Å²) < 4.78 is 0. The van der Waals surface area contributed by atoms with Crippen molar-refractivity contribution in [3.8, 4) is 0 Å². The number of likely N-dealkylation sites (N-methyl/N-ethyl adjacent to an activating group) is 1. The number of thioether (sulfide) groups is 1. The van der Waals surface area contributed by atoms with Gasteiger partial charge in [-0.3, -0.25) is 4.79 Å². The van der Waals surface area contributed by atoms with Gasteiger partial charge in [0.1, 0.15) is 5.92 Å². The number of carbonyl (C=O) groups excluding carboxylic acids is 1.